The van der Waals surface area contributed by atoms with E-state index in [0.29, 0.717) is 6.42 Å². The number of rotatable bonds is 6. The molecule has 4 nitrogen and oxygen atoms in total. The van der Waals surface area contributed by atoms with Crippen LogP contribution in [0.25, 0.3) is 0 Å². The van der Waals surface area contributed by atoms with E-state index in [-0.39, 0.29) is 12.0 Å². The first-order chi connectivity index (χ1) is 8.38. The van der Waals surface area contributed by atoms with Crippen molar-refractivity contribution in [1.29, 1.82) is 0 Å². The van der Waals surface area contributed by atoms with Crippen LogP contribution in [0.1, 0.15) is 56.0 Å². The van der Waals surface area contributed by atoms with Crippen LogP contribution in [0.3, 0.4) is 0 Å². The minimum atomic E-state index is -0.432. The average Bonchev–Trinajstić information content (AvgIpc) is 2.53. The molecule has 4 heteroatoms. The quantitative estimate of drug-likeness (QED) is 0.815. The molecule has 0 fully saturated rings. The zero-order valence-electron chi connectivity index (χ0n) is 12.3. The van der Waals surface area contributed by atoms with E-state index in [1.165, 1.54) is 11.3 Å². The van der Waals surface area contributed by atoms with E-state index in [9.17, 15) is 5.11 Å². The van der Waals surface area contributed by atoms with Crippen LogP contribution in [0, 0.1) is 13.8 Å². The summed E-state index contributed by atoms with van der Waals surface area (Å²) in [6.45, 7) is 8.33. The topological polar surface area (TPSA) is 64.1 Å². The standard InChI is InChI=1S/C14H27N3O/c1-6-7-12(15)13(18)8-9(2)14-10(3)16-17(5)11(14)4/h9,12-13,18H,6-8,15H2,1-5H3. The van der Waals surface area contributed by atoms with Crippen molar-refractivity contribution in [3.63, 3.8) is 0 Å². The van der Waals surface area contributed by atoms with Gasteiger partial charge in [-0.05, 0) is 38.2 Å². The van der Waals surface area contributed by atoms with Gasteiger partial charge in [0.25, 0.3) is 0 Å². The van der Waals surface area contributed by atoms with Crippen molar-refractivity contribution < 1.29 is 5.11 Å². The van der Waals surface area contributed by atoms with E-state index >= 15 is 0 Å². The summed E-state index contributed by atoms with van der Waals surface area (Å²) in [5.41, 5.74) is 9.45. The number of hydrogen-bond acceptors (Lipinski definition) is 3. The number of nitrogens with two attached hydrogens (primary N) is 1. The fourth-order valence-electron chi connectivity index (χ4n) is 2.68. The van der Waals surface area contributed by atoms with E-state index in [1.807, 2.05) is 18.7 Å². The Morgan fingerprint density at radius 1 is 1.39 bits per heavy atom. The molecule has 1 rings (SSSR count). The number of aromatic nitrogens is 2. The molecule has 18 heavy (non-hydrogen) atoms. The van der Waals surface area contributed by atoms with Crippen molar-refractivity contribution in [3.05, 3.63) is 17.0 Å². The highest BCUT2D eigenvalue weighted by Gasteiger charge is 2.22. The van der Waals surface area contributed by atoms with Crippen LogP contribution in [-0.4, -0.2) is 27.0 Å². The summed E-state index contributed by atoms with van der Waals surface area (Å²) < 4.78 is 1.90. The van der Waals surface area contributed by atoms with Crippen molar-refractivity contribution in [2.75, 3.05) is 0 Å². The van der Waals surface area contributed by atoms with Gasteiger partial charge in [0.2, 0.25) is 0 Å². The van der Waals surface area contributed by atoms with Crippen molar-refractivity contribution in [2.24, 2.45) is 12.8 Å². The van der Waals surface area contributed by atoms with E-state index in [4.69, 9.17) is 5.73 Å². The number of aliphatic hydroxyl groups is 1. The first kappa shape index (κ1) is 15.2. The monoisotopic (exact) mass is 253 g/mol. The lowest BCUT2D eigenvalue weighted by atomic mass is 9.90. The second-order valence-electron chi connectivity index (χ2n) is 5.36. The maximum Gasteiger partial charge on any atom is 0.0696 e. The maximum atomic E-state index is 10.1. The molecule has 0 saturated heterocycles. The second-order valence-corrected chi connectivity index (χ2v) is 5.36. The molecule has 0 aliphatic rings. The number of aryl methyl sites for hydroxylation is 2. The summed E-state index contributed by atoms with van der Waals surface area (Å²) in [5, 5.41) is 14.5. The SMILES string of the molecule is CCCC(N)C(O)CC(C)c1c(C)nn(C)c1C. The van der Waals surface area contributed by atoms with E-state index in [0.717, 1.165) is 18.5 Å². The molecule has 0 saturated carbocycles. The number of aliphatic hydroxyl groups excluding tert-OH is 1. The Morgan fingerprint density at radius 3 is 2.44 bits per heavy atom. The summed E-state index contributed by atoms with van der Waals surface area (Å²) in [5.74, 6) is 0.289. The first-order valence-corrected chi connectivity index (χ1v) is 6.82. The Labute approximate surface area is 110 Å². The van der Waals surface area contributed by atoms with Gasteiger partial charge in [-0.3, -0.25) is 4.68 Å². The molecule has 0 bridgehead atoms. The Bertz CT molecular complexity index is 387. The van der Waals surface area contributed by atoms with Gasteiger partial charge in [0.1, 0.15) is 0 Å². The second kappa shape index (κ2) is 6.34. The molecule has 0 amide bonds. The van der Waals surface area contributed by atoms with Crippen LogP contribution in [0.2, 0.25) is 0 Å². The van der Waals surface area contributed by atoms with Crippen molar-refractivity contribution in [3.8, 4) is 0 Å². The molecule has 0 aliphatic carbocycles. The molecule has 3 unspecified atom stereocenters. The third-order valence-corrected chi connectivity index (χ3v) is 3.77. The van der Waals surface area contributed by atoms with Crippen LogP contribution in [0.4, 0.5) is 0 Å². The lowest BCUT2D eigenvalue weighted by Gasteiger charge is -2.22. The predicted molar refractivity (Wildman–Crippen MR) is 74.6 cm³/mol. The molecular weight excluding hydrogens is 226 g/mol. The molecule has 0 radical (unpaired) electrons. The maximum absolute atomic E-state index is 10.1. The summed E-state index contributed by atoms with van der Waals surface area (Å²) in [4.78, 5) is 0. The lowest BCUT2D eigenvalue weighted by Crippen LogP contribution is -2.35. The van der Waals surface area contributed by atoms with Crippen LogP contribution in [0.5, 0.6) is 0 Å². The molecular formula is C14H27N3O. The molecule has 1 aromatic heterocycles. The van der Waals surface area contributed by atoms with Gasteiger partial charge in [-0.1, -0.05) is 20.3 Å². The smallest absolute Gasteiger partial charge is 0.0696 e. The Kier molecular flexibility index (Phi) is 5.35. The molecule has 1 heterocycles. The van der Waals surface area contributed by atoms with E-state index < -0.39 is 6.10 Å². The Morgan fingerprint density at radius 2 is 2.00 bits per heavy atom. The Balaban J connectivity index is 2.73. The molecule has 3 N–H and O–H groups in total. The minimum Gasteiger partial charge on any atom is -0.391 e. The summed E-state index contributed by atoms with van der Waals surface area (Å²) in [6.07, 6.45) is 2.16. The predicted octanol–water partition coefficient (Wildman–Crippen LogP) is 2.02. The zero-order valence-corrected chi connectivity index (χ0v) is 12.3. The number of hydrogen-bond donors (Lipinski definition) is 2. The van der Waals surface area contributed by atoms with Crippen molar-refractivity contribution in [1.82, 2.24) is 9.78 Å². The third-order valence-electron chi connectivity index (χ3n) is 3.77. The van der Waals surface area contributed by atoms with Crippen LogP contribution in [-0.2, 0) is 7.05 Å². The van der Waals surface area contributed by atoms with Gasteiger partial charge in [0.15, 0.2) is 0 Å². The Hall–Kier alpha value is -0.870. The highest BCUT2D eigenvalue weighted by Crippen LogP contribution is 2.27. The van der Waals surface area contributed by atoms with Gasteiger partial charge < -0.3 is 10.8 Å². The van der Waals surface area contributed by atoms with Gasteiger partial charge in [0, 0.05) is 18.8 Å². The summed E-state index contributed by atoms with van der Waals surface area (Å²) in [7, 11) is 1.96. The minimum absolute atomic E-state index is 0.116. The molecule has 3 atom stereocenters. The number of nitrogens with zero attached hydrogens (tertiary/aromatic N) is 2. The molecule has 0 spiro atoms. The fourth-order valence-corrected chi connectivity index (χ4v) is 2.68. The third kappa shape index (κ3) is 3.33. The lowest BCUT2D eigenvalue weighted by molar-refractivity contribution is 0.124. The molecule has 104 valence electrons. The highest BCUT2D eigenvalue weighted by molar-refractivity contribution is 5.28. The van der Waals surface area contributed by atoms with Crippen LogP contribution < -0.4 is 5.73 Å². The molecule has 0 aromatic carbocycles. The van der Waals surface area contributed by atoms with Crippen molar-refractivity contribution in [2.45, 2.75) is 65.0 Å². The molecule has 0 aliphatic heterocycles. The van der Waals surface area contributed by atoms with E-state index in [1.54, 1.807) is 0 Å². The van der Waals surface area contributed by atoms with Gasteiger partial charge in [-0.25, -0.2) is 0 Å². The van der Waals surface area contributed by atoms with Crippen LogP contribution in [0.15, 0.2) is 0 Å². The normalized spacial score (nSPS) is 16.6. The fraction of sp³-hybridized carbons (Fsp3) is 0.786. The molecule has 1 aromatic rings. The summed E-state index contributed by atoms with van der Waals surface area (Å²) in [6, 6.07) is -0.116. The highest BCUT2D eigenvalue weighted by atomic mass is 16.3. The van der Waals surface area contributed by atoms with Gasteiger partial charge in [-0.15, -0.1) is 0 Å². The average molecular weight is 253 g/mol. The first-order valence-electron chi connectivity index (χ1n) is 6.82. The van der Waals surface area contributed by atoms with Gasteiger partial charge in [-0.2, -0.15) is 5.10 Å². The van der Waals surface area contributed by atoms with Crippen LogP contribution >= 0.6 is 0 Å². The van der Waals surface area contributed by atoms with Gasteiger partial charge in [0.05, 0.1) is 11.8 Å². The zero-order chi connectivity index (χ0) is 13.9. The van der Waals surface area contributed by atoms with E-state index in [2.05, 4.69) is 25.9 Å². The van der Waals surface area contributed by atoms with Gasteiger partial charge >= 0.3 is 0 Å². The van der Waals surface area contributed by atoms with Crippen molar-refractivity contribution >= 4 is 0 Å². The largest absolute Gasteiger partial charge is 0.391 e. The summed E-state index contributed by atoms with van der Waals surface area (Å²) >= 11 is 0.